The van der Waals surface area contributed by atoms with Crippen molar-refractivity contribution in [3.8, 4) is 0 Å². The van der Waals surface area contributed by atoms with Crippen molar-refractivity contribution in [2.45, 2.75) is 40.3 Å². The molecule has 1 saturated heterocycles. The van der Waals surface area contributed by atoms with E-state index < -0.39 is 0 Å². The Bertz CT molecular complexity index is 160. The molecule has 0 aromatic heterocycles. The lowest BCUT2D eigenvalue weighted by atomic mass is 9.81. The molecule has 1 N–H and O–H groups in total. The highest BCUT2D eigenvalue weighted by Crippen LogP contribution is 2.35. The molecule has 1 unspecified atom stereocenters. The summed E-state index contributed by atoms with van der Waals surface area (Å²) >= 11 is 0. The van der Waals surface area contributed by atoms with Crippen LogP contribution >= 0.6 is 0 Å². The molecule has 0 amide bonds. The Morgan fingerprint density at radius 2 is 2.00 bits per heavy atom. The topological polar surface area (TPSA) is 15.3 Å². The number of likely N-dealkylation sites (N-methyl/N-ethyl adjacent to an activating group) is 1. The van der Waals surface area contributed by atoms with Crippen molar-refractivity contribution in [3.05, 3.63) is 0 Å². The molecule has 0 spiro atoms. The number of nitrogens with zero attached hydrogens (tertiary/aromatic N) is 1. The van der Waals surface area contributed by atoms with E-state index in [-0.39, 0.29) is 5.66 Å². The maximum atomic E-state index is 3.60. The largest absolute Gasteiger partial charge is 0.298 e. The predicted molar refractivity (Wildman–Crippen MR) is 53.1 cm³/mol. The third kappa shape index (κ3) is 1.38. The minimum atomic E-state index is 0.182. The van der Waals surface area contributed by atoms with E-state index in [1.54, 1.807) is 0 Å². The van der Waals surface area contributed by atoms with Gasteiger partial charge in [-0.05, 0) is 18.9 Å². The fourth-order valence-corrected chi connectivity index (χ4v) is 1.98. The van der Waals surface area contributed by atoms with Gasteiger partial charge in [-0.15, -0.1) is 0 Å². The summed E-state index contributed by atoms with van der Waals surface area (Å²) in [6, 6.07) is 0. The lowest BCUT2D eigenvalue weighted by Gasteiger charge is -2.45. The van der Waals surface area contributed by atoms with Crippen molar-refractivity contribution in [2.75, 3.05) is 19.6 Å². The molecule has 1 aliphatic rings. The van der Waals surface area contributed by atoms with E-state index >= 15 is 0 Å². The monoisotopic (exact) mass is 170 g/mol. The van der Waals surface area contributed by atoms with E-state index in [0.717, 1.165) is 13.1 Å². The predicted octanol–water partition coefficient (Wildman–Crippen LogP) is 1.67. The van der Waals surface area contributed by atoms with Gasteiger partial charge in [-0.3, -0.25) is 10.2 Å². The molecule has 0 aromatic carbocycles. The minimum Gasteiger partial charge on any atom is -0.298 e. The highest BCUT2D eigenvalue weighted by atomic mass is 15.4. The van der Waals surface area contributed by atoms with Gasteiger partial charge in [0, 0.05) is 13.1 Å². The molecule has 0 bridgehead atoms. The van der Waals surface area contributed by atoms with Gasteiger partial charge < -0.3 is 0 Å². The van der Waals surface area contributed by atoms with Crippen LogP contribution < -0.4 is 5.32 Å². The molecule has 12 heavy (non-hydrogen) atoms. The van der Waals surface area contributed by atoms with Crippen LogP contribution in [-0.4, -0.2) is 30.2 Å². The van der Waals surface area contributed by atoms with E-state index in [4.69, 9.17) is 0 Å². The molecule has 1 atom stereocenters. The number of nitrogens with one attached hydrogen (secondary N) is 1. The van der Waals surface area contributed by atoms with Crippen LogP contribution in [0.25, 0.3) is 0 Å². The van der Waals surface area contributed by atoms with Crippen LogP contribution in [-0.2, 0) is 0 Å². The first-order valence-corrected chi connectivity index (χ1v) is 4.92. The quantitative estimate of drug-likeness (QED) is 0.644. The van der Waals surface area contributed by atoms with Crippen molar-refractivity contribution in [3.63, 3.8) is 0 Å². The summed E-state index contributed by atoms with van der Waals surface area (Å²) in [7, 11) is 0. The third-order valence-corrected chi connectivity index (χ3v) is 3.33. The number of rotatable bonds is 1. The van der Waals surface area contributed by atoms with Crippen molar-refractivity contribution in [1.29, 1.82) is 0 Å². The first kappa shape index (κ1) is 10.0. The first-order chi connectivity index (χ1) is 5.42. The summed E-state index contributed by atoms with van der Waals surface area (Å²) in [5.41, 5.74) is 0.487. The van der Waals surface area contributed by atoms with Gasteiger partial charge in [0.15, 0.2) is 0 Å². The molecule has 2 heteroatoms. The van der Waals surface area contributed by atoms with Gasteiger partial charge in [0.05, 0.1) is 5.66 Å². The summed E-state index contributed by atoms with van der Waals surface area (Å²) in [5, 5.41) is 3.60. The Morgan fingerprint density at radius 3 is 2.33 bits per heavy atom. The average Bonchev–Trinajstić information content (AvgIpc) is 2.30. The Kier molecular flexibility index (Phi) is 2.50. The number of hydrogen-bond acceptors (Lipinski definition) is 2. The molecule has 1 heterocycles. The third-order valence-electron chi connectivity index (χ3n) is 3.33. The molecule has 0 radical (unpaired) electrons. The molecule has 2 nitrogen and oxygen atoms in total. The normalized spacial score (nSPS) is 32.8. The van der Waals surface area contributed by atoms with Gasteiger partial charge in [0.25, 0.3) is 0 Å². The summed E-state index contributed by atoms with van der Waals surface area (Å²) in [6.45, 7) is 14.9. The first-order valence-electron chi connectivity index (χ1n) is 4.92. The zero-order valence-electron chi connectivity index (χ0n) is 9.07. The van der Waals surface area contributed by atoms with Crippen LogP contribution in [0, 0.1) is 5.41 Å². The smallest absolute Gasteiger partial charge is 0.0734 e. The van der Waals surface area contributed by atoms with Gasteiger partial charge in [0.2, 0.25) is 0 Å². The molecule has 0 aliphatic carbocycles. The molecule has 1 aliphatic heterocycles. The van der Waals surface area contributed by atoms with Crippen LogP contribution in [0.1, 0.15) is 34.6 Å². The lowest BCUT2D eigenvalue weighted by Crippen LogP contribution is -2.57. The number of hydrogen-bond donors (Lipinski definition) is 1. The van der Waals surface area contributed by atoms with Crippen LogP contribution in [0.3, 0.4) is 0 Å². The second kappa shape index (κ2) is 3.00. The molecule has 0 aromatic rings. The standard InChI is InChI=1S/C10H22N2/c1-6-12-8-7-11-10(12,5)9(2,3)4/h11H,6-8H2,1-5H3. The SMILES string of the molecule is CCN1CCNC1(C)C(C)(C)C. The van der Waals surface area contributed by atoms with E-state index in [9.17, 15) is 0 Å². The fraction of sp³-hybridized carbons (Fsp3) is 1.00. The van der Waals surface area contributed by atoms with E-state index in [0.29, 0.717) is 5.41 Å². The van der Waals surface area contributed by atoms with Crippen molar-refractivity contribution in [2.24, 2.45) is 5.41 Å². The Morgan fingerprint density at radius 1 is 1.42 bits per heavy atom. The van der Waals surface area contributed by atoms with Crippen LogP contribution in [0.4, 0.5) is 0 Å². The van der Waals surface area contributed by atoms with Gasteiger partial charge >= 0.3 is 0 Å². The second-order valence-electron chi connectivity index (χ2n) is 4.83. The second-order valence-corrected chi connectivity index (χ2v) is 4.83. The Hall–Kier alpha value is -0.0800. The van der Waals surface area contributed by atoms with Crippen LogP contribution in [0.15, 0.2) is 0 Å². The zero-order valence-corrected chi connectivity index (χ0v) is 9.07. The summed E-state index contributed by atoms with van der Waals surface area (Å²) in [5.74, 6) is 0. The van der Waals surface area contributed by atoms with E-state index in [2.05, 4.69) is 44.8 Å². The lowest BCUT2D eigenvalue weighted by molar-refractivity contribution is 0.0297. The molecular weight excluding hydrogens is 148 g/mol. The Balaban J connectivity index is 2.82. The van der Waals surface area contributed by atoms with Crippen LogP contribution in [0.5, 0.6) is 0 Å². The zero-order chi connectivity index (χ0) is 9.41. The summed E-state index contributed by atoms with van der Waals surface area (Å²) in [6.07, 6.45) is 0. The van der Waals surface area contributed by atoms with Gasteiger partial charge in [-0.25, -0.2) is 0 Å². The van der Waals surface area contributed by atoms with Crippen molar-refractivity contribution >= 4 is 0 Å². The van der Waals surface area contributed by atoms with Crippen LogP contribution in [0.2, 0.25) is 0 Å². The van der Waals surface area contributed by atoms with Gasteiger partial charge in [-0.1, -0.05) is 27.7 Å². The highest BCUT2D eigenvalue weighted by Gasteiger charge is 2.44. The molecule has 1 fully saturated rings. The van der Waals surface area contributed by atoms with Gasteiger partial charge in [-0.2, -0.15) is 0 Å². The fourth-order valence-electron chi connectivity index (χ4n) is 1.98. The van der Waals surface area contributed by atoms with Crippen molar-refractivity contribution < 1.29 is 0 Å². The summed E-state index contributed by atoms with van der Waals surface area (Å²) < 4.78 is 0. The molecule has 1 rings (SSSR count). The summed E-state index contributed by atoms with van der Waals surface area (Å²) in [4.78, 5) is 2.52. The van der Waals surface area contributed by atoms with Crippen molar-refractivity contribution in [1.82, 2.24) is 10.2 Å². The highest BCUT2D eigenvalue weighted by molar-refractivity contribution is 4.98. The Labute approximate surface area is 76.3 Å². The van der Waals surface area contributed by atoms with Gasteiger partial charge in [0.1, 0.15) is 0 Å². The molecular formula is C10H22N2. The van der Waals surface area contributed by atoms with E-state index in [1.165, 1.54) is 6.54 Å². The minimum absolute atomic E-state index is 0.182. The molecule has 0 saturated carbocycles. The average molecular weight is 170 g/mol. The molecule has 72 valence electrons. The van der Waals surface area contributed by atoms with E-state index in [1.807, 2.05) is 0 Å². The maximum absolute atomic E-state index is 3.60. The maximum Gasteiger partial charge on any atom is 0.0734 e.